The third kappa shape index (κ3) is 4.18. The first-order valence-corrected chi connectivity index (χ1v) is 11.6. The van der Waals surface area contributed by atoms with Gasteiger partial charge in [-0.15, -0.1) is 0 Å². The van der Waals surface area contributed by atoms with Crippen molar-refractivity contribution in [2.75, 3.05) is 40.3 Å². The fourth-order valence-corrected chi connectivity index (χ4v) is 5.57. The maximum atomic E-state index is 13.0. The van der Waals surface area contributed by atoms with Crippen LogP contribution in [-0.4, -0.2) is 62.1 Å². The molecule has 168 valence electrons. The number of methoxy groups -OCH3 is 1. The standard InChI is InChI=1S/C27H33N3O2/c1-29-20-24(32-2)19-26(25(29)31)13-16-30(17-14-26)18-15-27(21-28,22-9-5-3-6-10-22)23-11-7-4-8-12-23/h3-12,24H,13-20H2,1-2H3. The van der Waals surface area contributed by atoms with E-state index in [2.05, 4.69) is 35.2 Å². The molecule has 0 bridgehead atoms. The van der Waals surface area contributed by atoms with Gasteiger partial charge in [0.05, 0.1) is 17.6 Å². The van der Waals surface area contributed by atoms with Crippen LogP contribution < -0.4 is 0 Å². The van der Waals surface area contributed by atoms with Gasteiger partial charge in [-0.1, -0.05) is 60.7 Å². The lowest BCUT2D eigenvalue weighted by molar-refractivity contribution is -0.155. The zero-order chi connectivity index (χ0) is 22.6. The molecule has 32 heavy (non-hydrogen) atoms. The van der Waals surface area contributed by atoms with Crippen LogP contribution in [0.15, 0.2) is 60.7 Å². The highest BCUT2D eigenvalue weighted by Crippen LogP contribution is 2.42. The molecule has 5 heteroatoms. The topological polar surface area (TPSA) is 56.6 Å². The molecule has 2 aliphatic rings. The first kappa shape index (κ1) is 22.5. The Morgan fingerprint density at radius 2 is 1.62 bits per heavy atom. The molecule has 0 radical (unpaired) electrons. The molecule has 2 aliphatic heterocycles. The van der Waals surface area contributed by atoms with Gasteiger partial charge in [-0.25, -0.2) is 0 Å². The number of amides is 1. The molecular weight excluding hydrogens is 398 g/mol. The van der Waals surface area contributed by atoms with Crippen molar-refractivity contribution in [1.29, 1.82) is 5.26 Å². The largest absolute Gasteiger partial charge is 0.380 e. The van der Waals surface area contributed by atoms with Crippen molar-refractivity contribution in [3.63, 3.8) is 0 Å². The highest BCUT2D eigenvalue weighted by molar-refractivity contribution is 5.83. The zero-order valence-corrected chi connectivity index (χ0v) is 19.2. The normalized spacial score (nSPS) is 21.5. The smallest absolute Gasteiger partial charge is 0.228 e. The summed E-state index contributed by atoms with van der Waals surface area (Å²) in [6.45, 7) is 3.26. The van der Waals surface area contributed by atoms with Crippen molar-refractivity contribution < 1.29 is 9.53 Å². The van der Waals surface area contributed by atoms with E-state index < -0.39 is 5.41 Å². The Bertz CT molecular complexity index is 906. The van der Waals surface area contributed by atoms with Gasteiger partial charge in [0.15, 0.2) is 0 Å². The van der Waals surface area contributed by atoms with E-state index in [9.17, 15) is 10.1 Å². The summed E-state index contributed by atoms with van der Waals surface area (Å²) in [5.41, 5.74) is 1.10. The van der Waals surface area contributed by atoms with Crippen molar-refractivity contribution >= 4 is 5.91 Å². The number of benzene rings is 2. The summed E-state index contributed by atoms with van der Waals surface area (Å²) in [7, 11) is 3.63. The minimum absolute atomic E-state index is 0.117. The van der Waals surface area contributed by atoms with E-state index in [0.29, 0.717) is 6.54 Å². The van der Waals surface area contributed by atoms with E-state index in [1.165, 1.54) is 0 Å². The molecule has 5 nitrogen and oxygen atoms in total. The van der Waals surface area contributed by atoms with E-state index in [1.807, 2.05) is 48.3 Å². The number of hydrogen-bond donors (Lipinski definition) is 0. The SMILES string of the molecule is COC1CN(C)C(=O)C2(CCN(CCC(C#N)(c3ccccc3)c3ccccc3)CC2)C1. The number of ether oxygens (including phenoxy) is 1. The molecule has 2 fully saturated rings. The van der Waals surface area contributed by atoms with Crippen LogP contribution in [0.3, 0.4) is 0 Å². The van der Waals surface area contributed by atoms with Gasteiger partial charge >= 0.3 is 0 Å². The number of piperidine rings is 2. The second-order valence-electron chi connectivity index (χ2n) is 9.37. The van der Waals surface area contributed by atoms with Crippen LogP contribution in [0, 0.1) is 16.7 Å². The highest BCUT2D eigenvalue weighted by Gasteiger charge is 2.48. The molecule has 1 unspecified atom stereocenters. The average molecular weight is 432 g/mol. The van der Waals surface area contributed by atoms with Gasteiger partial charge in [0, 0.05) is 27.2 Å². The molecule has 1 amide bonds. The van der Waals surface area contributed by atoms with Crippen LogP contribution in [0.25, 0.3) is 0 Å². The summed E-state index contributed by atoms with van der Waals surface area (Å²) in [6.07, 6.45) is 3.36. The van der Waals surface area contributed by atoms with Gasteiger partial charge in [0.1, 0.15) is 5.41 Å². The Morgan fingerprint density at radius 1 is 1.06 bits per heavy atom. The van der Waals surface area contributed by atoms with Crippen LogP contribution in [0.4, 0.5) is 0 Å². The van der Waals surface area contributed by atoms with Crippen LogP contribution in [0.1, 0.15) is 36.8 Å². The van der Waals surface area contributed by atoms with Gasteiger partial charge in [0.2, 0.25) is 5.91 Å². The predicted octanol–water partition coefficient (Wildman–Crippen LogP) is 3.85. The number of carbonyl (C=O) groups is 1. The number of carbonyl (C=O) groups excluding carboxylic acids is 1. The molecule has 0 saturated carbocycles. The second-order valence-corrected chi connectivity index (χ2v) is 9.37. The maximum Gasteiger partial charge on any atom is 0.228 e. The number of likely N-dealkylation sites (N-methyl/N-ethyl adjacent to an activating group) is 1. The molecule has 2 heterocycles. The predicted molar refractivity (Wildman–Crippen MR) is 125 cm³/mol. The minimum Gasteiger partial charge on any atom is -0.380 e. The summed E-state index contributed by atoms with van der Waals surface area (Å²) >= 11 is 0. The lowest BCUT2D eigenvalue weighted by atomic mass is 9.70. The molecule has 0 aliphatic carbocycles. The minimum atomic E-state index is -0.681. The first-order chi connectivity index (χ1) is 15.5. The fraction of sp³-hybridized carbons (Fsp3) is 0.481. The Balaban J connectivity index is 1.49. The summed E-state index contributed by atoms with van der Waals surface area (Å²) in [5.74, 6) is 0.269. The van der Waals surface area contributed by atoms with Crippen molar-refractivity contribution in [2.45, 2.75) is 37.2 Å². The first-order valence-electron chi connectivity index (χ1n) is 11.6. The van der Waals surface area contributed by atoms with E-state index in [4.69, 9.17) is 4.74 Å². The molecule has 1 atom stereocenters. The van der Waals surface area contributed by atoms with Crippen molar-refractivity contribution in [2.24, 2.45) is 5.41 Å². The van der Waals surface area contributed by atoms with Gasteiger partial charge in [-0.2, -0.15) is 5.26 Å². The summed E-state index contributed by atoms with van der Waals surface area (Å²) in [6, 6.07) is 22.9. The van der Waals surface area contributed by atoms with Crippen LogP contribution in [-0.2, 0) is 14.9 Å². The second kappa shape index (κ2) is 9.44. The fourth-order valence-electron chi connectivity index (χ4n) is 5.57. The van der Waals surface area contributed by atoms with Gasteiger partial charge in [0.25, 0.3) is 0 Å². The quantitative estimate of drug-likeness (QED) is 0.697. The zero-order valence-electron chi connectivity index (χ0n) is 19.2. The van der Waals surface area contributed by atoms with E-state index in [-0.39, 0.29) is 17.4 Å². The molecule has 4 rings (SSSR count). The third-order valence-corrected chi connectivity index (χ3v) is 7.57. The molecule has 0 N–H and O–H groups in total. The summed E-state index contributed by atoms with van der Waals surface area (Å²) in [5, 5.41) is 10.4. The molecule has 2 saturated heterocycles. The molecular formula is C27H33N3O2. The number of rotatable bonds is 6. The Hall–Kier alpha value is -2.68. The maximum absolute atomic E-state index is 13.0. The van der Waals surface area contributed by atoms with E-state index >= 15 is 0 Å². The third-order valence-electron chi connectivity index (χ3n) is 7.57. The Morgan fingerprint density at radius 3 is 2.12 bits per heavy atom. The summed E-state index contributed by atoms with van der Waals surface area (Å²) in [4.78, 5) is 17.3. The van der Waals surface area contributed by atoms with Crippen molar-refractivity contribution in [3.05, 3.63) is 71.8 Å². The lowest BCUT2D eigenvalue weighted by Crippen LogP contribution is -2.56. The molecule has 2 aromatic carbocycles. The van der Waals surface area contributed by atoms with Gasteiger partial charge < -0.3 is 14.5 Å². The van der Waals surface area contributed by atoms with Gasteiger partial charge in [-0.05, 0) is 49.9 Å². The monoisotopic (exact) mass is 431 g/mol. The highest BCUT2D eigenvalue weighted by atomic mass is 16.5. The van der Waals surface area contributed by atoms with Crippen LogP contribution >= 0.6 is 0 Å². The lowest BCUT2D eigenvalue weighted by Gasteiger charge is -2.48. The number of hydrogen-bond acceptors (Lipinski definition) is 4. The molecule has 2 aromatic rings. The molecule has 1 spiro atoms. The van der Waals surface area contributed by atoms with E-state index in [1.54, 1.807) is 7.11 Å². The number of nitrogens with zero attached hydrogens (tertiary/aromatic N) is 3. The van der Waals surface area contributed by atoms with Crippen LogP contribution in [0.2, 0.25) is 0 Å². The molecule has 0 aromatic heterocycles. The number of likely N-dealkylation sites (tertiary alicyclic amines) is 2. The Labute approximate surface area is 191 Å². The van der Waals surface area contributed by atoms with Crippen LogP contribution in [0.5, 0.6) is 0 Å². The van der Waals surface area contributed by atoms with E-state index in [0.717, 1.165) is 56.4 Å². The Kier molecular flexibility index (Phi) is 6.64. The van der Waals surface area contributed by atoms with Crippen molar-refractivity contribution in [1.82, 2.24) is 9.80 Å². The summed E-state index contributed by atoms with van der Waals surface area (Å²) < 4.78 is 5.63. The van der Waals surface area contributed by atoms with Crippen molar-refractivity contribution in [3.8, 4) is 6.07 Å². The number of nitriles is 1. The average Bonchev–Trinajstić information content (AvgIpc) is 2.85. The van der Waals surface area contributed by atoms with Gasteiger partial charge in [-0.3, -0.25) is 4.79 Å².